The van der Waals surface area contributed by atoms with Gasteiger partial charge in [-0.2, -0.15) is 0 Å². The average molecular weight is 308 g/mol. The smallest absolute Gasteiger partial charge is 0.155 e. The molecular weight excluding hydrogens is 292 g/mol. The molecule has 0 saturated carbocycles. The van der Waals surface area contributed by atoms with Crippen molar-refractivity contribution in [2.75, 3.05) is 0 Å². The molecule has 0 fully saturated rings. The van der Waals surface area contributed by atoms with Gasteiger partial charge in [0, 0.05) is 35.8 Å². The molecule has 2 aromatic rings. The molecule has 0 aliphatic carbocycles. The van der Waals surface area contributed by atoms with Gasteiger partial charge in [0.25, 0.3) is 0 Å². The van der Waals surface area contributed by atoms with Crippen LogP contribution in [0.2, 0.25) is 0 Å². The van der Waals surface area contributed by atoms with Crippen LogP contribution in [0.3, 0.4) is 0 Å². The largest absolute Gasteiger partial charge is 0.512 e. The Balaban J connectivity index is 0.000000396. The normalized spacial score (nSPS) is 9.80. The number of aromatic nitrogens is 2. The third-order valence-corrected chi connectivity index (χ3v) is 2.00. The number of ketones is 1. The fourth-order valence-electron chi connectivity index (χ4n) is 1.32. The summed E-state index contributed by atoms with van der Waals surface area (Å²) in [6.07, 6.45) is 4.70. The summed E-state index contributed by atoms with van der Waals surface area (Å²) in [5.41, 5.74) is 1.83. The summed E-state index contributed by atoms with van der Waals surface area (Å²) < 4.78 is 0. The zero-order chi connectivity index (χ0) is 14.1. The number of aliphatic hydroxyl groups is 1. The molecule has 2 aromatic heterocycles. The third kappa shape index (κ3) is 7.47. The van der Waals surface area contributed by atoms with Crippen LogP contribution in [0.15, 0.2) is 60.6 Å². The minimum atomic E-state index is -0.125. The van der Waals surface area contributed by atoms with Crippen LogP contribution in [0, 0.1) is 0 Å². The van der Waals surface area contributed by atoms with Crippen LogP contribution in [-0.4, -0.2) is 20.9 Å². The maximum atomic E-state index is 10.0. The minimum Gasteiger partial charge on any atom is -0.512 e. The van der Waals surface area contributed by atoms with E-state index in [9.17, 15) is 4.79 Å². The van der Waals surface area contributed by atoms with Crippen molar-refractivity contribution in [1.29, 1.82) is 0 Å². The molecule has 0 aromatic carbocycles. The molecule has 0 spiro atoms. The zero-order valence-corrected chi connectivity index (χ0v) is 12.6. The number of hydrogen-bond donors (Lipinski definition) is 1. The first-order valence-corrected chi connectivity index (χ1v) is 5.80. The molecule has 2 heterocycles. The summed E-state index contributed by atoms with van der Waals surface area (Å²) >= 11 is 0. The number of nitrogens with zero attached hydrogens (tertiary/aromatic N) is 2. The molecular formula is C15H16CrN2O2. The first-order chi connectivity index (χ1) is 9.09. The molecule has 0 atom stereocenters. The van der Waals surface area contributed by atoms with Gasteiger partial charge >= 0.3 is 0 Å². The van der Waals surface area contributed by atoms with E-state index in [0.29, 0.717) is 0 Å². The van der Waals surface area contributed by atoms with Crippen LogP contribution < -0.4 is 0 Å². The van der Waals surface area contributed by atoms with E-state index >= 15 is 0 Å². The number of pyridine rings is 2. The number of carbonyl (C=O) groups is 1. The number of aliphatic hydroxyl groups excluding tert-OH is 1. The van der Waals surface area contributed by atoms with Crippen molar-refractivity contribution in [1.82, 2.24) is 9.97 Å². The predicted molar refractivity (Wildman–Crippen MR) is 74.5 cm³/mol. The van der Waals surface area contributed by atoms with Gasteiger partial charge < -0.3 is 5.11 Å². The molecule has 5 heteroatoms. The Morgan fingerprint density at radius 2 is 1.45 bits per heavy atom. The monoisotopic (exact) mass is 308 g/mol. The van der Waals surface area contributed by atoms with Crippen molar-refractivity contribution in [3.63, 3.8) is 0 Å². The fourth-order valence-corrected chi connectivity index (χ4v) is 1.32. The van der Waals surface area contributed by atoms with Crippen molar-refractivity contribution >= 4 is 5.78 Å². The summed E-state index contributed by atoms with van der Waals surface area (Å²) in [5.74, 6) is -0.0625. The van der Waals surface area contributed by atoms with Crippen LogP contribution >= 0.6 is 0 Å². The van der Waals surface area contributed by atoms with Gasteiger partial charge in [0.2, 0.25) is 0 Å². The van der Waals surface area contributed by atoms with Gasteiger partial charge in [-0.1, -0.05) is 12.1 Å². The van der Waals surface area contributed by atoms with Gasteiger partial charge in [-0.05, 0) is 38.1 Å². The van der Waals surface area contributed by atoms with Gasteiger partial charge in [0.1, 0.15) is 0 Å². The Labute approximate surface area is 129 Å². The Bertz CT molecular complexity index is 501. The number of hydrogen-bond acceptors (Lipinski definition) is 4. The molecule has 0 unspecified atom stereocenters. The molecule has 0 amide bonds. The van der Waals surface area contributed by atoms with Crippen molar-refractivity contribution in [3.05, 3.63) is 60.6 Å². The van der Waals surface area contributed by atoms with Gasteiger partial charge in [-0.3, -0.25) is 14.8 Å². The van der Waals surface area contributed by atoms with Gasteiger partial charge in [0.05, 0.1) is 17.1 Å². The molecule has 1 N–H and O–H groups in total. The molecule has 0 bridgehead atoms. The van der Waals surface area contributed by atoms with Crippen LogP contribution in [0.25, 0.3) is 11.4 Å². The Morgan fingerprint density at radius 3 is 1.65 bits per heavy atom. The Morgan fingerprint density at radius 1 is 1.00 bits per heavy atom. The first-order valence-electron chi connectivity index (χ1n) is 5.80. The van der Waals surface area contributed by atoms with Crippen LogP contribution in [0.4, 0.5) is 0 Å². The van der Waals surface area contributed by atoms with Crippen molar-refractivity contribution in [2.24, 2.45) is 0 Å². The SMILES string of the molecule is CC(=O)/C=C(/C)O.[Cr].c1ccc(-c2ccccn2)nc1. The predicted octanol–water partition coefficient (Wildman–Crippen LogP) is 3.18. The maximum absolute atomic E-state index is 10.0. The Kier molecular flexibility index (Phi) is 8.94. The van der Waals surface area contributed by atoms with Crippen molar-refractivity contribution < 1.29 is 27.3 Å². The summed E-state index contributed by atoms with van der Waals surface area (Å²) in [6.45, 7) is 2.85. The fraction of sp³-hybridized carbons (Fsp3) is 0.133. The number of rotatable bonds is 2. The Hall–Kier alpha value is -1.96. The van der Waals surface area contributed by atoms with E-state index in [4.69, 9.17) is 5.11 Å². The first kappa shape index (κ1) is 18.0. The van der Waals surface area contributed by atoms with Crippen molar-refractivity contribution in [3.8, 4) is 11.4 Å². The van der Waals surface area contributed by atoms with E-state index in [-0.39, 0.29) is 28.9 Å². The molecule has 0 saturated heterocycles. The molecule has 20 heavy (non-hydrogen) atoms. The second-order valence-electron chi connectivity index (χ2n) is 3.83. The summed E-state index contributed by atoms with van der Waals surface area (Å²) in [7, 11) is 0. The second kappa shape index (κ2) is 9.91. The topological polar surface area (TPSA) is 63.1 Å². The van der Waals surface area contributed by atoms with Crippen LogP contribution in [-0.2, 0) is 22.2 Å². The molecule has 0 aliphatic heterocycles. The molecule has 2 rings (SSSR count). The standard InChI is InChI=1S/C10H8N2.C5H8O2.Cr/c1-3-7-11-9(5-1)10-6-2-4-8-12-10;1-4(6)3-5(2)7;/h1-8H;3,6H,1-2H3;/b;4-3-;. The third-order valence-electron chi connectivity index (χ3n) is 2.00. The summed E-state index contributed by atoms with van der Waals surface area (Å²) in [5, 5.41) is 8.36. The van der Waals surface area contributed by atoms with E-state index in [1.54, 1.807) is 12.4 Å². The quantitative estimate of drug-likeness (QED) is 0.683. The van der Waals surface area contributed by atoms with Gasteiger partial charge in [-0.15, -0.1) is 0 Å². The number of allylic oxidation sites excluding steroid dienone is 2. The summed E-state index contributed by atoms with van der Waals surface area (Å²) in [6, 6.07) is 11.6. The van der Waals surface area contributed by atoms with E-state index in [1.165, 1.54) is 19.9 Å². The molecule has 0 aliphatic rings. The van der Waals surface area contributed by atoms with E-state index in [2.05, 4.69) is 9.97 Å². The second-order valence-corrected chi connectivity index (χ2v) is 3.83. The minimum absolute atomic E-state index is 0. The van der Waals surface area contributed by atoms with Gasteiger partial charge in [0.15, 0.2) is 5.78 Å². The van der Waals surface area contributed by atoms with Crippen LogP contribution in [0.1, 0.15) is 13.8 Å². The van der Waals surface area contributed by atoms with E-state index in [1.807, 2.05) is 36.4 Å². The van der Waals surface area contributed by atoms with Crippen LogP contribution in [0.5, 0.6) is 0 Å². The molecule has 0 radical (unpaired) electrons. The number of carbonyl (C=O) groups excluding carboxylic acids is 1. The average Bonchev–Trinajstić information content (AvgIpc) is 2.40. The van der Waals surface area contributed by atoms with Gasteiger partial charge in [-0.25, -0.2) is 0 Å². The maximum Gasteiger partial charge on any atom is 0.155 e. The van der Waals surface area contributed by atoms with E-state index < -0.39 is 0 Å². The zero-order valence-electron chi connectivity index (χ0n) is 11.4. The molecule has 104 valence electrons. The van der Waals surface area contributed by atoms with E-state index in [0.717, 1.165) is 11.4 Å². The summed E-state index contributed by atoms with van der Waals surface area (Å²) in [4.78, 5) is 18.4. The van der Waals surface area contributed by atoms with Crippen molar-refractivity contribution in [2.45, 2.75) is 13.8 Å². The molecule has 4 nitrogen and oxygen atoms in total.